The summed E-state index contributed by atoms with van der Waals surface area (Å²) in [6, 6.07) is 12.5. The van der Waals surface area contributed by atoms with Crippen LogP contribution in [0.15, 0.2) is 48.7 Å². The molecular weight excluding hydrogens is 239 g/mol. The number of aryl methyl sites for hydroxylation is 1. The van der Waals surface area contributed by atoms with E-state index in [1.807, 2.05) is 31.2 Å². The molecule has 0 saturated carbocycles. The fourth-order valence-corrected chi connectivity index (χ4v) is 2.25. The van der Waals surface area contributed by atoms with Crippen molar-refractivity contribution in [2.24, 2.45) is 0 Å². The van der Waals surface area contributed by atoms with Gasteiger partial charge in [-0.3, -0.25) is 0 Å². The van der Waals surface area contributed by atoms with E-state index in [0.29, 0.717) is 5.82 Å². The Morgan fingerprint density at radius 2 is 1.79 bits per heavy atom. The minimum absolute atomic E-state index is 0.243. The molecule has 3 heteroatoms. The van der Waals surface area contributed by atoms with E-state index in [-0.39, 0.29) is 5.82 Å². The van der Waals surface area contributed by atoms with E-state index in [2.05, 4.69) is 4.98 Å². The Balaban J connectivity index is 2.25. The van der Waals surface area contributed by atoms with E-state index in [1.165, 1.54) is 12.1 Å². The summed E-state index contributed by atoms with van der Waals surface area (Å²) in [7, 11) is 0. The topological polar surface area (TPSA) is 38.9 Å². The maximum atomic E-state index is 13.3. The Morgan fingerprint density at radius 3 is 2.58 bits per heavy atom. The number of rotatable bonds is 1. The highest BCUT2D eigenvalue weighted by molar-refractivity contribution is 5.96. The smallest absolute Gasteiger partial charge is 0.131 e. The molecule has 19 heavy (non-hydrogen) atoms. The molecule has 94 valence electrons. The third kappa shape index (κ3) is 2.03. The molecule has 0 atom stereocenters. The van der Waals surface area contributed by atoms with E-state index < -0.39 is 0 Å². The molecule has 0 saturated heterocycles. The van der Waals surface area contributed by atoms with Gasteiger partial charge < -0.3 is 5.73 Å². The Kier molecular flexibility index (Phi) is 2.67. The number of hydrogen-bond donors (Lipinski definition) is 1. The van der Waals surface area contributed by atoms with Crippen molar-refractivity contribution in [2.45, 2.75) is 6.92 Å². The number of anilines is 1. The van der Waals surface area contributed by atoms with Crippen molar-refractivity contribution >= 4 is 16.6 Å². The second-order valence-corrected chi connectivity index (χ2v) is 4.60. The number of nitrogens with zero attached hydrogens (tertiary/aromatic N) is 1. The molecule has 2 nitrogen and oxygen atoms in total. The van der Waals surface area contributed by atoms with Crippen molar-refractivity contribution < 1.29 is 4.39 Å². The first-order valence-corrected chi connectivity index (χ1v) is 6.06. The van der Waals surface area contributed by atoms with E-state index in [0.717, 1.165) is 27.5 Å². The molecule has 3 aromatic rings. The van der Waals surface area contributed by atoms with Crippen molar-refractivity contribution in [3.63, 3.8) is 0 Å². The molecule has 0 radical (unpaired) electrons. The number of aromatic nitrogens is 1. The number of pyridine rings is 1. The highest BCUT2D eigenvalue weighted by Crippen LogP contribution is 2.28. The van der Waals surface area contributed by atoms with Gasteiger partial charge in [0.25, 0.3) is 0 Å². The van der Waals surface area contributed by atoms with Crippen molar-refractivity contribution in [1.29, 1.82) is 0 Å². The first-order valence-electron chi connectivity index (χ1n) is 6.06. The maximum Gasteiger partial charge on any atom is 0.131 e. The summed E-state index contributed by atoms with van der Waals surface area (Å²) in [4.78, 5) is 4.16. The lowest BCUT2D eigenvalue weighted by molar-refractivity contribution is 0.628. The Morgan fingerprint density at radius 1 is 1.00 bits per heavy atom. The number of fused-ring (bicyclic) bond motifs is 1. The van der Waals surface area contributed by atoms with E-state index in [9.17, 15) is 4.39 Å². The van der Waals surface area contributed by atoms with Gasteiger partial charge in [-0.1, -0.05) is 24.3 Å². The van der Waals surface area contributed by atoms with Crippen LogP contribution in [0.2, 0.25) is 0 Å². The average molecular weight is 252 g/mol. The maximum absolute atomic E-state index is 13.3. The van der Waals surface area contributed by atoms with Crippen LogP contribution in [0.25, 0.3) is 21.9 Å². The lowest BCUT2D eigenvalue weighted by Gasteiger charge is -2.08. The van der Waals surface area contributed by atoms with Gasteiger partial charge in [-0.2, -0.15) is 0 Å². The summed E-state index contributed by atoms with van der Waals surface area (Å²) in [5.41, 5.74) is 8.77. The third-order valence-electron chi connectivity index (χ3n) is 3.28. The highest BCUT2D eigenvalue weighted by Gasteiger charge is 2.05. The van der Waals surface area contributed by atoms with Crippen LogP contribution in [0.4, 0.5) is 10.2 Å². The Bertz CT molecular complexity index is 766. The van der Waals surface area contributed by atoms with Crippen LogP contribution < -0.4 is 5.73 Å². The van der Waals surface area contributed by atoms with Crippen LogP contribution in [0.3, 0.4) is 0 Å². The van der Waals surface area contributed by atoms with Crippen LogP contribution in [0.5, 0.6) is 0 Å². The molecule has 0 bridgehead atoms. The number of halogens is 1. The van der Waals surface area contributed by atoms with Gasteiger partial charge in [0.15, 0.2) is 0 Å². The van der Waals surface area contributed by atoms with Gasteiger partial charge in [0.05, 0.1) is 0 Å². The lowest BCUT2D eigenvalue weighted by Crippen LogP contribution is -1.93. The van der Waals surface area contributed by atoms with Gasteiger partial charge in [-0.25, -0.2) is 9.37 Å². The predicted octanol–water partition coefficient (Wildman–Crippen LogP) is 3.93. The summed E-state index contributed by atoms with van der Waals surface area (Å²) >= 11 is 0. The van der Waals surface area contributed by atoms with E-state index >= 15 is 0 Å². The average Bonchev–Trinajstić information content (AvgIpc) is 2.43. The Labute approximate surface area is 110 Å². The van der Waals surface area contributed by atoms with Crippen LogP contribution in [-0.4, -0.2) is 4.98 Å². The molecule has 0 spiro atoms. The quantitative estimate of drug-likeness (QED) is 0.712. The van der Waals surface area contributed by atoms with Crippen molar-refractivity contribution in [2.75, 3.05) is 5.73 Å². The molecule has 0 amide bonds. The minimum Gasteiger partial charge on any atom is -0.383 e. The molecule has 0 aliphatic heterocycles. The highest BCUT2D eigenvalue weighted by atomic mass is 19.1. The lowest BCUT2D eigenvalue weighted by atomic mass is 10.00. The van der Waals surface area contributed by atoms with Gasteiger partial charge in [-0.15, -0.1) is 0 Å². The van der Waals surface area contributed by atoms with Crippen LogP contribution in [-0.2, 0) is 0 Å². The minimum atomic E-state index is -0.243. The summed E-state index contributed by atoms with van der Waals surface area (Å²) < 4.78 is 13.3. The monoisotopic (exact) mass is 252 g/mol. The number of benzene rings is 2. The van der Waals surface area contributed by atoms with Gasteiger partial charge in [0, 0.05) is 11.6 Å². The second-order valence-electron chi connectivity index (χ2n) is 4.60. The Hall–Kier alpha value is -2.42. The van der Waals surface area contributed by atoms with Gasteiger partial charge in [-0.05, 0) is 47.2 Å². The molecule has 2 N–H and O–H groups in total. The van der Waals surface area contributed by atoms with Crippen LogP contribution >= 0.6 is 0 Å². The van der Waals surface area contributed by atoms with Gasteiger partial charge in [0.1, 0.15) is 11.6 Å². The van der Waals surface area contributed by atoms with Gasteiger partial charge in [0.2, 0.25) is 0 Å². The zero-order valence-electron chi connectivity index (χ0n) is 10.5. The zero-order chi connectivity index (χ0) is 13.4. The zero-order valence-corrected chi connectivity index (χ0v) is 10.5. The number of nitrogen functional groups attached to an aromatic ring is 1. The molecule has 0 aliphatic carbocycles. The summed E-state index contributed by atoms with van der Waals surface area (Å²) in [6.07, 6.45) is 1.76. The largest absolute Gasteiger partial charge is 0.383 e. The number of hydrogen-bond acceptors (Lipinski definition) is 2. The molecule has 0 unspecified atom stereocenters. The molecule has 3 rings (SSSR count). The molecule has 1 heterocycles. The summed E-state index contributed by atoms with van der Waals surface area (Å²) in [5, 5.41) is 1.98. The number of nitrogens with two attached hydrogens (primary N) is 1. The molecule has 0 fully saturated rings. The fourth-order valence-electron chi connectivity index (χ4n) is 2.25. The fraction of sp³-hybridized carbons (Fsp3) is 0.0625. The third-order valence-corrected chi connectivity index (χ3v) is 3.28. The normalized spacial score (nSPS) is 10.8. The van der Waals surface area contributed by atoms with E-state index in [1.54, 1.807) is 12.3 Å². The second kappa shape index (κ2) is 4.35. The first-order chi connectivity index (χ1) is 9.15. The van der Waals surface area contributed by atoms with Crippen molar-refractivity contribution in [1.82, 2.24) is 4.98 Å². The SMILES string of the molecule is Cc1cnc(N)c2cc(-c3cccc(F)c3)ccc12. The molecule has 2 aromatic carbocycles. The summed E-state index contributed by atoms with van der Waals surface area (Å²) in [5.74, 6) is 0.256. The van der Waals surface area contributed by atoms with Crippen LogP contribution in [0, 0.1) is 12.7 Å². The predicted molar refractivity (Wildman–Crippen MR) is 76.3 cm³/mol. The van der Waals surface area contributed by atoms with Crippen molar-refractivity contribution in [3.8, 4) is 11.1 Å². The van der Waals surface area contributed by atoms with Crippen LogP contribution in [0.1, 0.15) is 5.56 Å². The molecule has 0 aliphatic rings. The first kappa shape index (κ1) is 11.7. The molecular formula is C16H13FN2. The van der Waals surface area contributed by atoms with Gasteiger partial charge >= 0.3 is 0 Å². The molecule has 1 aromatic heterocycles. The van der Waals surface area contributed by atoms with Crippen molar-refractivity contribution in [3.05, 3.63) is 60.0 Å². The summed E-state index contributed by atoms with van der Waals surface area (Å²) in [6.45, 7) is 2.00. The van der Waals surface area contributed by atoms with E-state index in [4.69, 9.17) is 5.73 Å². The standard InChI is InChI=1S/C16H13FN2/c1-10-9-19-16(18)15-8-12(5-6-14(10)15)11-3-2-4-13(17)7-11/h2-9H,1H3,(H2,18,19).